The molecule has 2 aromatic carbocycles. The van der Waals surface area contributed by atoms with Crippen LogP contribution in [-0.2, 0) is 0 Å². The van der Waals surface area contributed by atoms with Crippen molar-refractivity contribution in [2.45, 2.75) is 20.0 Å². The summed E-state index contributed by atoms with van der Waals surface area (Å²) in [5.41, 5.74) is 7.55. The fourth-order valence-electron chi connectivity index (χ4n) is 3.18. The predicted octanol–water partition coefficient (Wildman–Crippen LogP) is 3.80. The van der Waals surface area contributed by atoms with E-state index in [1.807, 2.05) is 50.2 Å². The second kappa shape index (κ2) is 9.78. The zero-order valence-electron chi connectivity index (χ0n) is 18.2. The molecule has 0 radical (unpaired) electrons. The minimum absolute atomic E-state index is 0.0368. The zero-order chi connectivity index (χ0) is 23.2. The highest BCUT2D eigenvalue weighted by molar-refractivity contribution is 6.02. The molecule has 0 aliphatic heterocycles. The molecule has 0 saturated carbocycles. The third-order valence-electron chi connectivity index (χ3n) is 4.69. The van der Waals surface area contributed by atoms with Crippen molar-refractivity contribution < 1.29 is 14.3 Å². The van der Waals surface area contributed by atoms with Gasteiger partial charge in [-0.15, -0.1) is 0 Å². The van der Waals surface area contributed by atoms with Gasteiger partial charge in [0.25, 0.3) is 11.8 Å². The number of hydrogen-bond donors (Lipinski definition) is 2. The first-order valence-electron chi connectivity index (χ1n) is 10.4. The van der Waals surface area contributed by atoms with E-state index in [0.29, 0.717) is 28.1 Å². The molecule has 0 aliphatic carbocycles. The van der Waals surface area contributed by atoms with E-state index in [1.54, 1.807) is 53.6 Å². The summed E-state index contributed by atoms with van der Waals surface area (Å²) >= 11 is 0. The third-order valence-corrected chi connectivity index (χ3v) is 4.69. The van der Waals surface area contributed by atoms with Crippen LogP contribution in [0.1, 0.15) is 34.6 Å². The van der Waals surface area contributed by atoms with Gasteiger partial charge >= 0.3 is 0 Å². The zero-order valence-corrected chi connectivity index (χ0v) is 18.2. The monoisotopic (exact) mass is 441 g/mol. The lowest BCUT2D eigenvalue weighted by atomic mass is 10.1. The second-order valence-electron chi connectivity index (χ2n) is 7.51. The second-order valence-corrected chi connectivity index (χ2v) is 7.51. The average molecular weight is 441 g/mol. The Morgan fingerprint density at radius 3 is 2.30 bits per heavy atom. The molecule has 0 bridgehead atoms. The summed E-state index contributed by atoms with van der Waals surface area (Å²) in [5, 5.41) is 4.58. The summed E-state index contributed by atoms with van der Waals surface area (Å²) in [6.45, 7) is 3.85. The number of carbonyl (C=O) groups is 2. The van der Waals surface area contributed by atoms with Gasteiger partial charge in [0, 0.05) is 29.7 Å². The lowest BCUT2D eigenvalue weighted by Gasteiger charge is -2.10. The van der Waals surface area contributed by atoms with Crippen LogP contribution in [0.25, 0.3) is 16.9 Å². The van der Waals surface area contributed by atoms with Crippen LogP contribution in [-0.4, -0.2) is 32.7 Å². The first kappa shape index (κ1) is 21.8. The smallest absolute Gasteiger partial charge is 0.273 e. The number of aromatic nitrogens is 3. The van der Waals surface area contributed by atoms with Crippen LogP contribution >= 0.6 is 0 Å². The van der Waals surface area contributed by atoms with Gasteiger partial charge in [-0.2, -0.15) is 5.10 Å². The molecule has 2 heterocycles. The molecular formula is C25H23N5O3. The number of nitrogens with zero attached hydrogens (tertiary/aromatic N) is 3. The van der Waals surface area contributed by atoms with Crippen molar-refractivity contribution in [1.82, 2.24) is 25.6 Å². The number of pyridine rings is 1. The van der Waals surface area contributed by atoms with E-state index in [1.165, 1.54) is 0 Å². The van der Waals surface area contributed by atoms with Gasteiger partial charge in [0.1, 0.15) is 11.4 Å². The lowest BCUT2D eigenvalue weighted by Crippen LogP contribution is -2.41. The molecule has 2 N–H and O–H groups in total. The van der Waals surface area contributed by atoms with Crippen molar-refractivity contribution in [2.75, 3.05) is 0 Å². The SMILES string of the molecule is CC(C)Oc1ccc(C(=O)NNC(=O)c2cn(-c3ccccc3)nc2-c2cccnc2)cc1. The quantitative estimate of drug-likeness (QED) is 0.444. The topological polar surface area (TPSA) is 98.1 Å². The van der Waals surface area contributed by atoms with Crippen LogP contribution in [0.2, 0.25) is 0 Å². The van der Waals surface area contributed by atoms with E-state index < -0.39 is 11.8 Å². The fraction of sp³-hybridized carbons (Fsp3) is 0.120. The summed E-state index contributed by atoms with van der Waals surface area (Å²) in [6.07, 6.45) is 4.94. The Kier molecular flexibility index (Phi) is 6.45. The van der Waals surface area contributed by atoms with Crippen molar-refractivity contribution in [2.24, 2.45) is 0 Å². The van der Waals surface area contributed by atoms with Crippen molar-refractivity contribution in [3.63, 3.8) is 0 Å². The minimum atomic E-state index is -0.496. The number of hydrazine groups is 1. The third kappa shape index (κ3) is 5.24. The van der Waals surface area contributed by atoms with Gasteiger partial charge in [-0.05, 0) is 62.4 Å². The molecule has 4 aromatic rings. The first-order chi connectivity index (χ1) is 16.0. The average Bonchev–Trinajstić information content (AvgIpc) is 3.29. The molecule has 8 nitrogen and oxygen atoms in total. The number of nitrogens with one attached hydrogen (secondary N) is 2. The van der Waals surface area contributed by atoms with Gasteiger partial charge in [0.15, 0.2) is 0 Å². The van der Waals surface area contributed by atoms with Crippen molar-refractivity contribution >= 4 is 11.8 Å². The van der Waals surface area contributed by atoms with E-state index in [-0.39, 0.29) is 6.10 Å². The molecule has 0 aliphatic rings. The number of hydrogen-bond acceptors (Lipinski definition) is 5. The van der Waals surface area contributed by atoms with Gasteiger partial charge in [-0.3, -0.25) is 25.4 Å². The van der Waals surface area contributed by atoms with E-state index in [9.17, 15) is 9.59 Å². The van der Waals surface area contributed by atoms with E-state index in [2.05, 4.69) is 20.9 Å². The lowest BCUT2D eigenvalue weighted by molar-refractivity contribution is 0.0847. The highest BCUT2D eigenvalue weighted by atomic mass is 16.5. The molecular weight excluding hydrogens is 418 g/mol. The maximum absolute atomic E-state index is 13.0. The molecule has 4 rings (SSSR count). The van der Waals surface area contributed by atoms with Crippen LogP contribution < -0.4 is 15.6 Å². The molecule has 2 aromatic heterocycles. The normalized spacial score (nSPS) is 10.6. The molecule has 33 heavy (non-hydrogen) atoms. The van der Waals surface area contributed by atoms with Crippen molar-refractivity contribution in [3.8, 4) is 22.7 Å². The van der Waals surface area contributed by atoms with Crippen LogP contribution in [0.3, 0.4) is 0 Å². The van der Waals surface area contributed by atoms with Crippen LogP contribution in [0.4, 0.5) is 0 Å². The van der Waals surface area contributed by atoms with E-state index >= 15 is 0 Å². The molecule has 8 heteroatoms. The maximum atomic E-state index is 13.0. The van der Waals surface area contributed by atoms with Gasteiger partial charge in [-0.25, -0.2) is 4.68 Å². The van der Waals surface area contributed by atoms with Crippen molar-refractivity contribution in [3.05, 3.63) is 96.4 Å². The van der Waals surface area contributed by atoms with Gasteiger partial charge in [0.2, 0.25) is 0 Å². The summed E-state index contributed by atoms with van der Waals surface area (Å²) < 4.78 is 7.20. The molecule has 2 amide bonds. The molecule has 0 fully saturated rings. The summed E-state index contributed by atoms with van der Waals surface area (Å²) in [7, 11) is 0. The largest absolute Gasteiger partial charge is 0.491 e. The Labute approximate surface area is 191 Å². The highest BCUT2D eigenvalue weighted by Gasteiger charge is 2.19. The molecule has 0 saturated heterocycles. The van der Waals surface area contributed by atoms with Crippen LogP contribution in [0.15, 0.2) is 85.3 Å². The summed E-state index contributed by atoms with van der Waals surface area (Å²) in [4.78, 5) is 29.6. The molecule has 0 unspecified atom stereocenters. The summed E-state index contributed by atoms with van der Waals surface area (Å²) in [5.74, 6) is -0.276. The van der Waals surface area contributed by atoms with Gasteiger partial charge in [-0.1, -0.05) is 18.2 Å². The predicted molar refractivity (Wildman–Crippen MR) is 124 cm³/mol. The Morgan fingerprint density at radius 1 is 0.909 bits per heavy atom. The fourth-order valence-corrected chi connectivity index (χ4v) is 3.18. The van der Waals surface area contributed by atoms with Crippen LogP contribution in [0.5, 0.6) is 5.75 Å². The van der Waals surface area contributed by atoms with Gasteiger partial charge in [0.05, 0.1) is 17.4 Å². The Balaban J connectivity index is 1.52. The Morgan fingerprint density at radius 2 is 1.64 bits per heavy atom. The number of amides is 2. The first-order valence-corrected chi connectivity index (χ1v) is 10.4. The minimum Gasteiger partial charge on any atom is -0.491 e. The number of ether oxygens (including phenoxy) is 1. The Bertz CT molecular complexity index is 1240. The molecule has 0 atom stereocenters. The van der Waals surface area contributed by atoms with Crippen molar-refractivity contribution in [1.29, 1.82) is 0 Å². The standard InChI is InChI=1S/C25H23N5O3/c1-17(2)33-21-12-10-18(11-13-21)24(31)27-28-25(32)22-16-30(20-8-4-3-5-9-20)29-23(22)19-7-6-14-26-15-19/h3-17H,1-2H3,(H,27,31)(H,28,32). The number of benzene rings is 2. The molecule has 166 valence electrons. The maximum Gasteiger partial charge on any atom is 0.273 e. The van der Waals surface area contributed by atoms with E-state index in [0.717, 1.165) is 5.69 Å². The Hall–Kier alpha value is -4.46. The molecule has 0 spiro atoms. The van der Waals surface area contributed by atoms with Gasteiger partial charge < -0.3 is 4.74 Å². The number of carbonyl (C=O) groups excluding carboxylic acids is 2. The highest BCUT2D eigenvalue weighted by Crippen LogP contribution is 2.23. The number of rotatable bonds is 6. The van der Waals surface area contributed by atoms with Crippen LogP contribution in [0, 0.1) is 0 Å². The van der Waals surface area contributed by atoms with E-state index in [4.69, 9.17) is 4.74 Å². The number of para-hydroxylation sites is 1. The summed E-state index contributed by atoms with van der Waals surface area (Å²) in [6, 6.07) is 19.7.